The minimum atomic E-state index is -0.927. The predicted octanol–water partition coefficient (Wildman–Crippen LogP) is 6.25. The number of carbonyl (C=O) groups is 2. The lowest BCUT2D eigenvalue weighted by Gasteiger charge is -2.30. The third-order valence-electron chi connectivity index (χ3n) is 5.97. The molecular weight excluding hydrogens is 552 g/mol. The Labute approximate surface area is 240 Å². The molecule has 204 valence electrons. The number of hydrogen-bond acceptors (Lipinski definition) is 9. The van der Waals surface area contributed by atoms with Crippen molar-refractivity contribution in [2.75, 3.05) is 11.5 Å². The zero-order chi connectivity index (χ0) is 28.2. The highest BCUT2D eigenvalue weighted by Gasteiger charge is 2.35. The minimum Gasteiger partial charge on any atom is -0.490 e. The summed E-state index contributed by atoms with van der Waals surface area (Å²) in [5, 5.41) is 9.84. The molecule has 0 aliphatic carbocycles. The van der Waals surface area contributed by atoms with E-state index in [1.165, 1.54) is 30.5 Å². The second-order valence-electron chi connectivity index (χ2n) is 8.74. The van der Waals surface area contributed by atoms with Crippen LogP contribution >= 0.6 is 23.4 Å². The first-order valence-electron chi connectivity index (χ1n) is 12.5. The lowest BCUT2D eigenvalue weighted by Crippen LogP contribution is -2.36. The predicted molar refractivity (Wildman–Crippen MR) is 152 cm³/mol. The van der Waals surface area contributed by atoms with E-state index in [-0.39, 0.29) is 17.5 Å². The van der Waals surface area contributed by atoms with Crippen molar-refractivity contribution in [3.63, 3.8) is 0 Å². The first kappa shape index (κ1) is 27.4. The Hall–Kier alpha value is -4.15. The van der Waals surface area contributed by atoms with Gasteiger partial charge in [0, 0.05) is 35.7 Å². The molecule has 11 heteroatoms. The molecule has 3 aromatic carbocycles. The number of ether oxygens (including phenoxy) is 3. The number of thioether (sulfide) groups is 1. The van der Waals surface area contributed by atoms with Crippen LogP contribution in [0.15, 0.2) is 71.9 Å². The van der Waals surface area contributed by atoms with E-state index in [1.54, 1.807) is 18.2 Å². The molecular formula is C29H25ClN4O5S. The SMILES string of the molecule is CCOc1cc([C@@H]2Oc3nc(SCc4ccccc4Cl)nnc3-c3ccccc3N2C(C)=O)ccc1OC(C)=O. The van der Waals surface area contributed by atoms with Gasteiger partial charge in [0.1, 0.15) is 0 Å². The van der Waals surface area contributed by atoms with Crippen molar-refractivity contribution in [3.8, 4) is 28.6 Å². The zero-order valence-corrected chi connectivity index (χ0v) is 23.5. The Kier molecular flexibility index (Phi) is 8.18. The number of anilines is 1. The molecule has 5 rings (SSSR count). The van der Waals surface area contributed by atoms with Gasteiger partial charge in [-0.1, -0.05) is 59.8 Å². The van der Waals surface area contributed by atoms with Gasteiger partial charge >= 0.3 is 5.97 Å². The number of para-hydroxylation sites is 1. The van der Waals surface area contributed by atoms with Crippen LogP contribution in [0.5, 0.6) is 17.4 Å². The van der Waals surface area contributed by atoms with Crippen molar-refractivity contribution < 1.29 is 23.8 Å². The summed E-state index contributed by atoms with van der Waals surface area (Å²) in [6.07, 6.45) is -0.927. The van der Waals surface area contributed by atoms with Gasteiger partial charge in [0.25, 0.3) is 0 Å². The Morgan fingerprint density at radius 3 is 2.55 bits per heavy atom. The van der Waals surface area contributed by atoms with Gasteiger partial charge < -0.3 is 14.2 Å². The van der Waals surface area contributed by atoms with E-state index in [1.807, 2.05) is 55.5 Å². The van der Waals surface area contributed by atoms with Crippen LogP contribution in [-0.2, 0) is 15.3 Å². The fourth-order valence-electron chi connectivity index (χ4n) is 4.27. The van der Waals surface area contributed by atoms with Crippen molar-refractivity contribution in [3.05, 3.63) is 82.9 Å². The van der Waals surface area contributed by atoms with Crippen molar-refractivity contribution in [2.24, 2.45) is 0 Å². The maximum absolute atomic E-state index is 13.1. The maximum Gasteiger partial charge on any atom is 0.308 e. The summed E-state index contributed by atoms with van der Waals surface area (Å²) in [4.78, 5) is 31.0. The first-order valence-corrected chi connectivity index (χ1v) is 13.8. The number of rotatable bonds is 7. The molecule has 4 aromatic rings. The van der Waals surface area contributed by atoms with Gasteiger partial charge in [0.2, 0.25) is 23.2 Å². The van der Waals surface area contributed by atoms with Crippen molar-refractivity contribution >= 4 is 40.9 Å². The van der Waals surface area contributed by atoms with E-state index in [2.05, 4.69) is 15.2 Å². The summed E-state index contributed by atoms with van der Waals surface area (Å²) in [7, 11) is 0. The number of aromatic nitrogens is 3. The highest BCUT2D eigenvalue weighted by atomic mass is 35.5. The van der Waals surface area contributed by atoms with E-state index in [0.29, 0.717) is 50.8 Å². The quantitative estimate of drug-likeness (QED) is 0.143. The Balaban J connectivity index is 1.58. The average Bonchev–Trinajstić information content (AvgIpc) is 3.08. The second-order valence-corrected chi connectivity index (χ2v) is 10.1. The molecule has 0 saturated heterocycles. The molecule has 0 N–H and O–H groups in total. The molecule has 9 nitrogen and oxygen atoms in total. The van der Waals surface area contributed by atoms with Gasteiger partial charge in [0.15, 0.2) is 17.2 Å². The van der Waals surface area contributed by atoms with Gasteiger partial charge in [-0.25, -0.2) is 0 Å². The summed E-state index contributed by atoms with van der Waals surface area (Å²) in [6, 6.07) is 19.9. The normalized spacial score (nSPS) is 13.9. The number of carbonyl (C=O) groups excluding carboxylic acids is 2. The molecule has 0 bridgehead atoms. The Bertz CT molecular complexity index is 1580. The van der Waals surface area contributed by atoms with Crippen LogP contribution in [0, 0.1) is 0 Å². The molecule has 0 spiro atoms. The summed E-state index contributed by atoms with van der Waals surface area (Å²) < 4.78 is 17.5. The van der Waals surface area contributed by atoms with Gasteiger partial charge in [0.05, 0.1) is 12.3 Å². The summed E-state index contributed by atoms with van der Waals surface area (Å²) in [5.74, 6) is 0.640. The van der Waals surface area contributed by atoms with Crippen LogP contribution in [0.3, 0.4) is 0 Å². The summed E-state index contributed by atoms with van der Waals surface area (Å²) in [6.45, 7) is 4.95. The Morgan fingerprint density at radius 1 is 1.02 bits per heavy atom. The summed E-state index contributed by atoms with van der Waals surface area (Å²) >= 11 is 7.69. The maximum atomic E-state index is 13.1. The third-order valence-corrected chi connectivity index (χ3v) is 7.23. The fraction of sp³-hybridized carbons (Fsp3) is 0.207. The standard InChI is InChI=1S/C29H25ClN4O5S/c1-4-37-25-15-19(13-14-24(25)38-18(3)36)28-34(17(2)35)23-12-8-6-10-21(23)26-27(39-28)31-29(33-32-26)40-16-20-9-5-7-11-22(20)30/h5-15,28H,4,16H2,1-3H3/t28-/m0/s1. The number of amides is 1. The monoisotopic (exact) mass is 576 g/mol. The lowest BCUT2D eigenvalue weighted by atomic mass is 10.1. The Morgan fingerprint density at radius 2 is 1.80 bits per heavy atom. The third kappa shape index (κ3) is 5.73. The molecule has 1 aliphatic rings. The number of nitrogens with zero attached hydrogens (tertiary/aromatic N) is 4. The van der Waals surface area contributed by atoms with Crippen LogP contribution in [-0.4, -0.2) is 33.7 Å². The van der Waals surface area contributed by atoms with Crippen LogP contribution in [0.2, 0.25) is 5.02 Å². The fourth-order valence-corrected chi connectivity index (χ4v) is 5.34. The van der Waals surface area contributed by atoms with Crippen molar-refractivity contribution in [1.82, 2.24) is 15.2 Å². The van der Waals surface area contributed by atoms with Gasteiger partial charge in [-0.2, -0.15) is 4.98 Å². The van der Waals surface area contributed by atoms with Gasteiger partial charge in [-0.05, 0) is 42.8 Å². The van der Waals surface area contributed by atoms with E-state index >= 15 is 0 Å². The molecule has 40 heavy (non-hydrogen) atoms. The van der Waals surface area contributed by atoms with Crippen LogP contribution in [0.4, 0.5) is 5.69 Å². The van der Waals surface area contributed by atoms with Gasteiger partial charge in [-0.3, -0.25) is 14.5 Å². The molecule has 1 amide bonds. The van der Waals surface area contributed by atoms with E-state index in [0.717, 1.165) is 5.56 Å². The molecule has 1 atom stereocenters. The van der Waals surface area contributed by atoms with Crippen LogP contribution in [0.1, 0.15) is 38.1 Å². The summed E-state index contributed by atoms with van der Waals surface area (Å²) in [5.41, 5.74) is 3.18. The zero-order valence-electron chi connectivity index (χ0n) is 22.0. The van der Waals surface area contributed by atoms with Crippen molar-refractivity contribution in [1.29, 1.82) is 0 Å². The topological polar surface area (TPSA) is 104 Å². The van der Waals surface area contributed by atoms with Crippen LogP contribution in [0.25, 0.3) is 11.3 Å². The minimum absolute atomic E-state index is 0.222. The van der Waals surface area contributed by atoms with E-state index < -0.39 is 12.2 Å². The molecule has 0 radical (unpaired) electrons. The highest BCUT2D eigenvalue weighted by molar-refractivity contribution is 7.98. The average molecular weight is 577 g/mol. The highest BCUT2D eigenvalue weighted by Crippen LogP contribution is 2.44. The number of benzene rings is 3. The molecule has 0 fully saturated rings. The van der Waals surface area contributed by atoms with Gasteiger partial charge in [-0.15, -0.1) is 10.2 Å². The molecule has 1 aromatic heterocycles. The first-order chi connectivity index (χ1) is 19.4. The second kappa shape index (κ2) is 11.9. The van der Waals surface area contributed by atoms with E-state index in [4.69, 9.17) is 25.8 Å². The number of hydrogen-bond donors (Lipinski definition) is 0. The number of halogens is 1. The number of fused-ring (bicyclic) bond motifs is 3. The largest absolute Gasteiger partial charge is 0.490 e. The molecule has 2 heterocycles. The van der Waals surface area contributed by atoms with E-state index in [9.17, 15) is 9.59 Å². The molecule has 0 unspecified atom stereocenters. The lowest BCUT2D eigenvalue weighted by molar-refractivity contribution is -0.132. The van der Waals surface area contributed by atoms with Crippen LogP contribution < -0.4 is 19.1 Å². The number of esters is 1. The van der Waals surface area contributed by atoms with Crippen molar-refractivity contribution in [2.45, 2.75) is 37.9 Å². The smallest absolute Gasteiger partial charge is 0.308 e. The molecule has 1 aliphatic heterocycles. The molecule has 0 saturated carbocycles.